The molecule has 0 amide bonds. The van der Waals surface area contributed by atoms with E-state index >= 15 is 0 Å². The number of hydrogen-bond acceptors (Lipinski definition) is 3. The van der Waals surface area contributed by atoms with Crippen molar-refractivity contribution in [3.8, 4) is 0 Å². The van der Waals surface area contributed by atoms with Gasteiger partial charge in [-0.15, -0.1) is 0 Å². The third-order valence-electron chi connectivity index (χ3n) is 5.11. The number of nitrogens with one attached hydrogen (secondary N) is 1. The lowest BCUT2D eigenvalue weighted by atomic mass is 9.84. The van der Waals surface area contributed by atoms with Gasteiger partial charge in [-0.3, -0.25) is 0 Å². The Morgan fingerprint density at radius 3 is 2.90 bits per heavy atom. The summed E-state index contributed by atoms with van der Waals surface area (Å²) in [6.45, 7) is 4.42. The maximum atomic E-state index is 6.41. The van der Waals surface area contributed by atoms with Crippen LogP contribution in [0.3, 0.4) is 0 Å². The molecule has 0 saturated carbocycles. The summed E-state index contributed by atoms with van der Waals surface area (Å²) in [4.78, 5) is 5.09. The predicted molar refractivity (Wildman–Crippen MR) is 90.2 cm³/mol. The SMILES string of the molecule is CNCc1ccc(N2CCC3C(CCCN3C)C2)cc1Cl. The second-order valence-electron chi connectivity index (χ2n) is 6.49. The van der Waals surface area contributed by atoms with Gasteiger partial charge in [0, 0.05) is 36.4 Å². The lowest BCUT2D eigenvalue weighted by Gasteiger charge is -2.46. The van der Waals surface area contributed by atoms with Crippen molar-refractivity contribution in [3.05, 3.63) is 28.8 Å². The average molecular weight is 308 g/mol. The molecule has 21 heavy (non-hydrogen) atoms. The van der Waals surface area contributed by atoms with E-state index in [0.717, 1.165) is 30.1 Å². The molecular formula is C17H26ClN3. The van der Waals surface area contributed by atoms with Crippen LogP contribution in [0.1, 0.15) is 24.8 Å². The summed E-state index contributed by atoms with van der Waals surface area (Å²) in [7, 11) is 4.24. The number of anilines is 1. The fraction of sp³-hybridized carbons (Fsp3) is 0.647. The molecule has 0 spiro atoms. The topological polar surface area (TPSA) is 18.5 Å². The van der Waals surface area contributed by atoms with E-state index in [4.69, 9.17) is 11.6 Å². The van der Waals surface area contributed by atoms with Gasteiger partial charge in [0.05, 0.1) is 0 Å². The Bertz CT molecular complexity index is 491. The van der Waals surface area contributed by atoms with Crippen LogP contribution in [-0.2, 0) is 6.54 Å². The van der Waals surface area contributed by atoms with E-state index in [9.17, 15) is 0 Å². The van der Waals surface area contributed by atoms with Crippen LogP contribution in [0.25, 0.3) is 0 Å². The Kier molecular flexibility index (Phi) is 4.72. The first-order valence-corrected chi connectivity index (χ1v) is 8.45. The summed E-state index contributed by atoms with van der Waals surface area (Å²) in [5, 5.41) is 4.04. The van der Waals surface area contributed by atoms with Gasteiger partial charge in [0.25, 0.3) is 0 Å². The van der Waals surface area contributed by atoms with Crippen molar-refractivity contribution < 1.29 is 0 Å². The zero-order chi connectivity index (χ0) is 14.8. The fourth-order valence-electron chi connectivity index (χ4n) is 3.95. The summed E-state index contributed by atoms with van der Waals surface area (Å²) in [6.07, 6.45) is 3.99. The molecule has 1 N–H and O–H groups in total. The molecule has 0 aromatic heterocycles. The Balaban J connectivity index is 1.72. The summed E-state index contributed by atoms with van der Waals surface area (Å²) in [5.41, 5.74) is 2.46. The average Bonchev–Trinajstić information content (AvgIpc) is 2.49. The first-order valence-electron chi connectivity index (χ1n) is 8.07. The van der Waals surface area contributed by atoms with Gasteiger partial charge >= 0.3 is 0 Å². The molecule has 2 saturated heterocycles. The maximum Gasteiger partial charge on any atom is 0.0471 e. The Morgan fingerprint density at radius 2 is 2.14 bits per heavy atom. The van der Waals surface area contributed by atoms with Crippen molar-refractivity contribution in [3.63, 3.8) is 0 Å². The number of benzene rings is 1. The van der Waals surface area contributed by atoms with Crippen LogP contribution >= 0.6 is 11.6 Å². The van der Waals surface area contributed by atoms with Crippen LogP contribution in [-0.4, -0.2) is 44.7 Å². The van der Waals surface area contributed by atoms with Gasteiger partial charge in [-0.1, -0.05) is 17.7 Å². The van der Waals surface area contributed by atoms with Crippen molar-refractivity contribution >= 4 is 17.3 Å². The molecule has 0 bridgehead atoms. The molecule has 2 heterocycles. The number of rotatable bonds is 3. The molecule has 0 radical (unpaired) electrons. The van der Waals surface area contributed by atoms with Crippen molar-refractivity contribution in [2.75, 3.05) is 38.6 Å². The Hall–Kier alpha value is -0.770. The van der Waals surface area contributed by atoms with Crippen molar-refractivity contribution in [2.24, 2.45) is 5.92 Å². The third kappa shape index (κ3) is 3.20. The third-order valence-corrected chi connectivity index (χ3v) is 5.47. The van der Waals surface area contributed by atoms with E-state index in [1.54, 1.807) is 0 Å². The predicted octanol–water partition coefficient (Wildman–Crippen LogP) is 2.98. The number of likely N-dealkylation sites (tertiary alicyclic amines) is 1. The lowest BCUT2D eigenvalue weighted by Crippen LogP contribution is -2.52. The highest BCUT2D eigenvalue weighted by atomic mass is 35.5. The van der Waals surface area contributed by atoms with Gasteiger partial charge in [-0.2, -0.15) is 0 Å². The minimum atomic E-state index is 0.786. The largest absolute Gasteiger partial charge is 0.371 e. The molecule has 2 aliphatic rings. The van der Waals surface area contributed by atoms with Crippen molar-refractivity contribution in [1.29, 1.82) is 0 Å². The molecule has 0 aliphatic carbocycles. The number of hydrogen-bond donors (Lipinski definition) is 1. The smallest absolute Gasteiger partial charge is 0.0471 e. The van der Waals surface area contributed by atoms with E-state index in [2.05, 4.69) is 40.4 Å². The monoisotopic (exact) mass is 307 g/mol. The fourth-order valence-corrected chi connectivity index (χ4v) is 4.20. The lowest BCUT2D eigenvalue weighted by molar-refractivity contribution is 0.102. The van der Waals surface area contributed by atoms with Gasteiger partial charge in [0.2, 0.25) is 0 Å². The van der Waals surface area contributed by atoms with Crippen molar-refractivity contribution in [1.82, 2.24) is 10.2 Å². The second-order valence-corrected chi connectivity index (χ2v) is 6.90. The minimum Gasteiger partial charge on any atom is -0.371 e. The highest BCUT2D eigenvalue weighted by Gasteiger charge is 2.34. The molecule has 4 heteroatoms. The summed E-state index contributed by atoms with van der Waals surface area (Å²) < 4.78 is 0. The highest BCUT2D eigenvalue weighted by molar-refractivity contribution is 6.31. The molecule has 1 aromatic carbocycles. The second kappa shape index (κ2) is 6.55. The zero-order valence-electron chi connectivity index (χ0n) is 13.1. The number of halogens is 1. The Labute approximate surface area is 133 Å². The highest BCUT2D eigenvalue weighted by Crippen LogP contribution is 2.33. The van der Waals surface area contributed by atoms with Crippen LogP contribution in [0.5, 0.6) is 0 Å². The maximum absolute atomic E-state index is 6.41. The first kappa shape index (κ1) is 15.1. The van der Waals surface area contributed by atoms with Gasteiger partial charge in [-0.05, 0) is 63.5 Å². The normalized spacial score (nSPS) is 26.7. The van der Waals surface area contributed by atoms with E-state index in [-0.39, 0.29) is 0 Å². The van der Waals surface area contributed by atoms with Gasteiger partial charge in [0.15, 0.2) is 0 Å². The van der Waals surface area contributed by atoms with Gasteiger partial charge < -0.3 is 15.1 Å². The summed E-state index contributed by atoms with van der Waals surface area (Å²) in [6, 6.07) is 7.31. The molecule has 2 aliphatic heterocycles. The van der Waals surface area contributed by atoms with Crippen LogP contribution in [0, 0.1) is 5.92 Å². The molecular weight excluding hydrogens is 282 g/mol. The number of nitrogens with zero attached hydrogens (tertiary/aromatic N) is 2. The molecule has 1 aromatic rings. The summed E-state index contributed by atoms with van der Waals surface area (Å²) in [5.74, 6) is 0.813. The van der Waals surface area contributed by atoms with Crippen LogP contribution in [0.15, 0.2) is 18.2 Å². The standard InChI is InChI=1S/C17H26ClN3/c1-19-11-13-5-6-15(10-16(13)18)21-9-7-17-14(12-21)4-3-8-20(17)2/h5-6,10,14,17,19H,3-4,7-9,11-12H2,1-2H3. The molecule has 2 fully saturated rings. The van der Waals surface area contributed by atoms with Gasteiger partial charge in [-0.25, -0.2) is 0 Å². The molecule has 116 valence electrons. The van der Waals surface area contributed by atoms with Crippen LogP contribution in [0.2, 0.25) is 5.02 Å². The van der Waals surface area contributed by atoms with Crippen LogP contribution < -0.4 is 10.2 Å². The van der Waals surface area contributed by atoms with E-state index in [1.165, 1.54) is 43.6 Å². The van der Waals surface area contributed by atoms with Gasteiger partial charge in [0.1, 0.15) is 0 Å². The Morgan fingerprint density at radius 1 is 1.29 bits per heavy atom. The van der Waals surface area contributed by atoms with E-state index < -0.39 is 0 Å². The zero-order valence-corrected chi connectivity index (χ0v) is 13.9. The van der Waals surface area contributed by atoms with E-state index in [0.29, 0.717) is 0 Å². The molecule has 3 nitrogen and oxygen atoms in total. The molecule has 3 rings (SSSR count). The number of fused-ring (bicyclic) bond motifs is 1. The molecule has 2 unspecified atom stereocenters. The minimum absolute atomic E-state index is 0.786. The number of piperidine rings is 2. The quantitative estimate of drug-likeness (QED) is 0.926. The first-order chi connectivity index (χ1) is 10.2. The van der Waals surface area contributed by atoms with E-state index in [1.807, 2.05) is 7.05 Å². The van der Waals surface area contributed by atoms with Crippen molar-refractivity contribution in [2.45, 2.75) is 31.8 Å². The molecule has 2 atom stereocenters. The summed E-state index contributed by atoms with van der Waals surface area (Å²) >= 11 is 6.41. The van der Waals surface area contributed by atoms with Crippen LogP contribution in [0.4, 0.5) is 5.69 Å².